The van der Waals surface area contributed by atoms with E-state index in [2.05, 4.69) is 4.72 Å². The normalized spacial score (nSPS) is 12.5. The highest BCUT2D eigenvalue weighted by Gasteiger charge is 2.22. The van der Waals surface area contributed by atoms with Gasteiger partial charge >= 0.3 is 0 Å². The van der Waals surface area contributed by atoms with Gasteiger partial charge in [-0.1, -0.05) is 29.8 Å². The molecule has 0 saturated heterocycles. The molecule has 0 heterocycles. The summed E-state index contributed by atoms with van der Waals surface area (Å²) in [7, 11) is -4.94. The Bertz CT molecular complexity index is 992. The molecule has 0 saturated carbocycles. The zero-order valence-corrected chi connectivity index (χ0v) is 15.8. The molecule has 0 unspecified atom stereocenters. The van der Waals surface area contributed by atoms with Gasteiger partial charge in [0.25, 0.3) is 0 Å². The molecule has 0 radical (unpaired) electrons. The minimum Gasteiger partial charge on any atom is -0.207 e. The first-order valence-electron chi connectivity index (χ1n) is 7.01. The van der Waals surface area contributed by atoms with Crippen LogP contribution in [-0.4, -0.2) is 35.2 Å². The molecular weight excluding hydrogens is 391 g/mol. The van der Waals surface area contributed by atoms with Gasteiger partial charge in [0.2, 0.25) is 20.0 Å². The van der Waals surface area contributed by atoms with Crippen LogP contribution in [-0.2, 0) is 26.6 Å². The van der Waals surface area contributed by atoms with E-state index in [1.807, 2.05) is 0 Å². The number of benzene rings is 2. The minimum atomic E-state index is -3.99. The molecule has 2 rings (SSSR count). The molecule has 0 aliphatic rings. The lowest BCUT2D eigenvalue weighted by molar-refractivity contribution is 0.519. The first kappa shape index (κ1) is 19.8. The van der Waals surface area contributed by atoms with Gasteiger partial charge in [0.1, 0.15) is 5.82 Å². The summed E-state index contributed by atoms with van der Waals surface area (Å²) in [5.74, 6) is -0.733. The van der Waals surface area contributed by atoms with Crippen LogP contribution in [0.5, 0.6) is 0 Å². The molecule has 0 atom stereocenters. The summed E-state index contributed by atoms with van der Waals surface area (Å²) in [6, 6.07) is 9.07. The van der Waals surface area contributed by atoms with Crippen LogP contribution in [0.3, 0.4) is 0 Å². The van der Waals surface area contributed by atoms with Crippen LogP contribution in [0.1, 0.15) is 5.56 Å². The van der Waals surface area contributed by atoms with Crippen LogP contribution in [0.2, 0.25) is 5.02 Å². The number of sulfonamides is 2. The van der Waals surface area contributed by atoms with Gasteiger partial charge in [-0.15, -0.1) is 0 Å². The monoisotopic (exact) mass is 406 g/mol. The third-order valence-corrected chi connectivity index (χ3v) is 6.99. The number of rotatable bonds is 6. The van der Waals surface area contributed by atoms with Gasteiger partial charge in [-0.2, -0.15) is 0 Å². The minimum absolute atomic E-state index is 0.000150. The van der Waals surface area contributed by atoms with Crippen LogP contribution in [0.15, 0.2) is 52.3 Å². The van der Waals surface area contributed by atoms with Gasteiger partial charge in [0.15, 0.2) is 0 Å². The fourth-order valence-electron chi connectivity index (χ4n) is 2.00. The topological polar surface area (TPSA) is 83.6 Å². The van der Waals surface area contributed by atoms with Crippen molar-refractivity contribution in [2.75, 3.05) is 14.1 Å². The van der Waals surface area contributed by atoms with Crippen molar-refractivity contribution in [1.82, 2.24) is 9.03 Å². The predicted molar refractivity (Wildman–Crippen MR) is 92.8 cm³/mol. The van der Waals surface area contributed by atoms with E-state index >= 15 is 0 Å². The van der Waals surface area contributed by atoms with E-state index < -0.39 is 25.9 Å². The van der Waals surface area contributed by atoms with Crippen molar-refractivity contribution in [3.05, 3.63) is 58.9 Å². The Balaban J connectivity index is 2.31. The van der Waals surface area contributed by atoms with Crippen molar-refractivity contribution in [3.63, 3.8) is 0 Å². The highest BCUT2D eigenvalue weighted by atomic mass is 35.5. The zero-order valence-electron chi connectivity index (χ0n) is 13.4. The third-order valence-electron chi connectivity index (χ3n) is 3.39. The predicted octanol–water partition coefficient (Wildman–Crippen LogP) is 2.21. The maximum atomic E-state index is 13.2. The van der Waals surface area contributed by atoms with Gasteiger partial charge in [-0.05, 0) is 29.8 Å². The summed E-state index contributed by atoms with van der Waals surface area (Å²) in [6.45, 7) is -0.249. The Kier molecular flexibility index (Phi) is 5.85. The van der Waals surface area contributed by atoms with E-state index in [1.54, 1.807) is 12.1 Å². The summed E-state index contributed by atoms with van der Waals surface area (Å²) in [5, 5.41) is -0.321. The second-order valence-electron chi connectivity index (χ2n) is 5.30. The van der Waals surface area contributed by atoms with E-state index in [0.717, 1.165) is 22.5 Å². The van der Waals surface area contributed by atoms with Gasteiger partial charge in [-0.3, -0.25) is 0 Å². The largest absolute Gasteiger partial charge is 0.242 e. The van der Waals surface area contributed by atoms with Crippen LogP contribution < -0.4 is 4.72 Å². The van der Waals surface area contributed by atoms with Gasteiger partial charge < -0.3 is 0 Å². The molecule has 136 valence electrons. The molecule has 0 aliphatic carbocycles. The lowest BCUT2D eigenvalue weighted by atomic mass is 10.2. The molecule has 10 heteroatoms. The standard InChI is InChI=1S/C15H16ClFN2O4S2/c1-19(2)25(22,23)15-6-4-3-5-11(15)10-18-24(20,21)12-7-8-14(17)13(16)9-12/h3-9,18H,10H2,1-2H3. The lowest BCUT2D eigenvalue weighted by Gasteiger charge is -2.15. The second kappa shape index (κ2) is 7.38. The Morgan fingerprint density at radius 3 is 2.32 bits per heavy atom. The molecular formula is C15H16ClFN2O4S2. The van der Waals surface area contributed by atoms with Crippen molar-refractivity contribution in [3.8, 4) is 0 Å². The van der Waals surface area contributed by atoms with Crippen molar-refractivity contribution >= 4 is 31.6 Å². The van der Waals surface area contributed by atoms with Crippen molar-refractivity contribution in [2.24, 2.45) is 0 Å². The Hall–Kier alpha value is -1.52. The van der Waals surface area contributed by atoms with Gasteiger partial charge in [-0.25, -0.2) is 30.3 Å². The first-order valence-corrected chi connectivity index (χ1v) is 10.3. The van der Waals surface area contributed by atoms with Crippen LogP contribution in [0, 0.1) is 5.82 Å². The lowest BCUT2D eigenvalue weighted by Crippen LogP contribution is -2.27. The van der Waals surface area contributed by atoms with Crippen LogP contribution in [0.25, 0.3) is 0 Å². The Morgan fingerprint density at radius 1 is 1.08 bits per heavy atom. The maximum absolute atomic E-state index is 13.2. The van der Waals surface area contributed by atoms with E-state index in [1.165, 1.54) is 26.2 Å². The van der Waals surface area contributed by atoms with Crippen LogP contribution >= 0.6 is 11.6 Å². The number of hydrogen-bond acceptors (Lipinski definition) is 4. The van der Waals surface area contributed by atoms with E-state index in [4.69, 9.17) is 11.6 Å². The first-order chi connectivity index (χ1) is 11.6. The fraction of sp³-hybridized carbons (Fsp3) is 0.200. The summed E-state index contributed by atoms with van der Waals surface area (Å²) < 4.78 is 65.8. The third kappa shape index (κ3) is 4.36. The highest BCUT2D eigenvalue weighted by Crippen LogP contribution is 2.21. The summed E-state index contributed by atoms with van der Waals surface area (Å²) in [5.41, 5.74) is 0.285. The average Bonchev–Trinajstić information content (AvgIpc) is 2.55. The van der Waals surface area contributed by atoms with E-state index in [0.29, 0.717) is 0 Å². The SMILES string of the molecule is CN(C)S(=O)(=O)c1ccccc1CNS(=O)(=O)c1ccc(F)c(Cl)c1. The average molecular weight is 407 g/mol. The number of halogens is 2. The smallest absolute Gasteiger partial charge is 0.207 e. The quantitative estimate of drug-likeness (QED) is 0.797. The van der Waals surface area contributed by atoms with Gasteiger partial charge in [0, 0.05) is 20.6 Å². The number of nitrogens with zero attached hydrogens (tertiary/aromatic N) is 1. The number of hydrogen-bond donors (Lipinski definition) is 1. The zero-order chi connectivity index (χ0) is 18.8. The summed E-state index contributed by atoms with van der Waals surface area (Å²) in [6.07, 6.45) is 0. The molecule has 0 aliphatic heterocycles. The van der Waals surface area contributed by atoms with Crippen molar-refractivity contribution in [2.45, 2.75) is 16.3 Å². The van der Waals surface area contributed by atoms with Crippen LogP contribution in [0.4, 0.5) is 4.39 Å². The molecule has 0 amide bonds. The molecule has 1 N–H and O–H groups in total. The summed E-state index contributed by atoms with van der Waals surface area (Å²) in [4.78, 5) is -0.216. The molecule has 6 nitrogen and oxygen atoms in total. The van der Waals surface area contributed by atoms with Crippen molar-refractivity contribution in [1.29, 1.82) is 0 Å². The fourth-order valence-corrected chi connectivity index (χ4v) is 4.39. The summed E-state index contributed by atoms with van der Waals surface area (Å²) >= 11 is 5.60. The Morgan fingerprint density at radius 2 is 1.72 bits per heavy atom. The maximum Gasteiger partial charge on any atom is 0.242 e. The highest BCUT2D eigenvalue weighted by molar-refractivity contribution is 7.89. The molecule has 0 bridgehead atoms. The van der Waals surface area contributed by atoms with E-state index in [-0.39, 0.29) is 26.9 Å². The molecule has 0 aromatic heterocycles. The van der Waals surface area contributed by atoms with Gasteiger partial charge in [0.05, 0.1) is 14.8 Å². The second-order valence-corrected chi connectivity index (χ2v) is 9.59. The molecule has 0 spiro atoms. The Labute approximate surface area is 151 Å². The molecule has 0 fully saturated rings. The molecule has 2 aromatic carbocycles. The number of nitrogens with one attached hydrogen (secondary N) is 1. The molecule has 25 heavy (non-hydrogen) atoms. The molecule has 2 aromatic rings. The van der Waals surface area contributed by atoms with Crippen molar-refractivity contribution < 1.29 is 21.2 Å². The van der Waals surface area contributed by atoms with E-state index in [9.17, 15) is 21.2 Å².